The highest BCUT2D eigenvalue weighted by Crippen LogP contribution is 2.29. The normalized spacial score (nSPS) is 12.6. The molecule has 1 aromatic carbocycles. The number of aromatic hydroxyl groups is 1. The Bertz CT molecular complexity index is 559. The van der Waals surface area contributed by atoms with Gasteiger partial charge in [0.2, 0.25) is 0 Å². The van der Waals surface area contributed by atoms with Crippen molar-refractivity contribution in [1.82, 2.24) is 10.1 Å². The van der Waals surface area contributed by atoms with Gasteiger partial charge in [-0.2, -0.15) is 16.7 Å². The molecule has 0 bridgehead atoms. The van der Waals surface area contributed by atoms with Gasteiger partial charge in [-0.05, 0) is 18.6 Å². The second-order valence-corrected chi connectivity index (χ2v) is 5.63. The summed E-state index contributed by atoms with van der Waals surface area (Å²) in [6, 6.07) is 3.68. The highest BCUT2D eigenvalue weighted by molar-refractivity contribution is 7.99. The third-order valence-electron chi connectivity index (χ3n) is 2.73. The van der Waals surface area contributed by atoms with Crippen LogP contribution >= 0.6 is 11.8 Å². The third-order valence-corrected chi connectivity index (χ3v) is 4.06. The molecular weight excluding hydrogens is 267 g/mol. The van der Waals surface area contributed by atoms with Gasteiger partial charge >= 0.3 is 0 Å². The van der Waals surface area contributed by atoms with Crippen LogP contribution in [-0.2, 0) is 5.75 Å². The average molecular weight is 282 g/mol. The molecule has 0 saturated heterocycles. The minimum atomic E-state index is -0.506. The van der Waals surface area contributed by atoms with E-state index in [0.717, 1.165) is 12.5 Å². The molecule has 1 heterocycles. The van der Waals surface area contributed by atoms with Crippen molar-refractivity contribution in [3.05, 3.63) is 29.8 Å². The largest absolute Gasteiger partial charge is 0.507 e. The van der Waals surface area contributed by atoms with E-state index in [1.165, 1.54) is 12.1 Å². The van der Waals surface area contributed by atoms with Gasteiger partial charge in [0.15, 0.2) is 5.82 Å². The van der Waals surface area contributed by atoms with Crippen LogP contribution in [0.4, 0.5) is 4.39 Å². The minimum Gasteiger partial charge on any atom is -0.507 e. The van der Waals surface area contributed by atoms with Crippen LogP contribution in [-0.4, -0.2) is 20.5 Å². The van der Waals surface area contributed by atoms with Gasteiger partial charge in [-0.15, -0.1) is 0 Å². The number of nitrogens with zero attached hydrogens (tertiary/aromatic N) is 2. The van der Waals surface area contributed by atoms with Crippen LogP contribution in [0.5, 0.6) is 5.75 Å². The first-order chi connectivity index (χ1) is 9.10. The number of aromatic nitrogens is 2. The second-order valence-electron chi connectivity index (χ2n) is 4.21. The molecule has 6 heteroatoms. The second kappa shape index (κ2) is 6.06. The topological polar surface area (TPSA) is 59.2 Å². The first-order valence-corrected chi connectivity index (χ1v) is 7.08. The van der Waals surface area contributed by atoms with Crippen LogP contribution < -0.4 is 0 Å². The smallest absolute Gasteiger partial charge is 0.261 e. The summed E-state index contributed by atoms with van der Waals surface area (Å²) in [5.41, 5.74) is 0.341. The van der Waals surface area contributed by atoms with Crippen molar-refractivity contribution < 1.29 is 14.0 Å². The molecule has 0 spiro atoms. The highest BCUT2D eigenvalue weighted by atomic mass is 32.2. The lowest BCUT2D eigenvalue weighted by atomic mass is 10.2. The van der Waals surface area contributed by atoms with Crippen molar-refractivity contribution >= 4 is 11.8 Å². The lowest BCUT2D eigenvalue weighted by Crippen LogP contribution is -1.94. The van der Waals surface area contributed by atoms with E-state index in [-0.39, 0.29) is 11.6 Å². The molecule has 2 aromatic rings. The predicted molar refractivity (Wildman–Crippen MR) is 72.4 cm³/mol. The van der Waals surface area contributed by atoms with Crippen LogP contribution in [0.25, 0.3) is 11.5 Å². The van der Waals surface area contributed by atoms with Gasteiger partial charge in [0, 0.05) is 11.3 Å². The van der Waals surface area contributed by atoms with Crippen molar-refractivity contribution in [3.8, 4) is 17.2 Å². The first-order valence-electron chi connectivity index (χ1n) is 6.03. The van der Waals surface area contributed by atoms with Gasteiger partial charge in [-0.3, -0.25) is 0 Å². The summed E-state index contributed by atoms with van der Waals surface area (Å²) >= 11 is 1.74. The van der Waals surface area contributed by atoms with Crippen LogP contribution in [0.2, 0.25) is 0 Å². The number of benzene rings is 1. The molecule has 2 rings (SSSR count). The number of halogens is 1. The lowest BCUT2D eigenvalue weighted by molar-refractivity contribution is 0.419. The van der Waals surface area contributed by atoms with Crippen LogP contribution in [0.1, 0.15) is 26.1 Å². The van der Waals surface area contributed by atoms with Crippen molar-refractivity contribution in [2.75, 3.05) is 0 Å². The van der Waals surface area contributed by atoms with Crippen molar-refractivity contribution in [2.24, 2.45) is 0 Å². The summed E-state index contributed by atoms with van der Waals surface area (Å²) in [7, 11) is 0. The van der Waals surface area contributed by atoms with E-state index in [1.54, 1.807) is 11.8 Å². The molecule has 102 valence electrons. The quantitative estimate of drug-likeness (QED) is 0.907. The van der Waals surface area contributed by atoms with E-state index in [0.29, 0.717) is 22.4 Å². The number of thioether (sulfide) groups is 1. The molecule has 1 atom stereocenters. The number of phenolic OH excluding ortho intramolecular Hbond substituents is 1. The summed E-state index contributed by atoms with van der Waals surface area (Å²) in [6.45, 7) is 4.26. The predicted octanol–water partition coefficient (Wildman–Crippen LogP) is 3.61. The summed E-state index contributed by atoms with van der Waals surface area (Å²) in [5, 5.41) is 14.0. The third kappa shape index (κ3) is 3.47. The van der Waals surface area contributed by atoms with Crippen molar-refractivity contribution in [1.29, 1.82) is 0 Å². The number of rotatable bonds is 5. The fourth-order valence-corrected chi connectivity index (χ4v) is 2.23. The van der Waals surface area contributed by atoms with E-state index >= 15 is 0 Å². The summed E-state index contributed by atoms with van der Waals surface area (Å²) < 4.78 is 18.0. The Morgan fingerprint density at radius 1 is 1.47 bits per heavy atom. The summed E-state index contributed by atoms with van der Waals surface area (Å²) in [5.74, 6) is 0.722. The van der Waals surface area contributed by atoms with E-state index in [9.17, 15) is 9.50 Å². The Morgan fingerprint density at radius 3 is 2.95 bits per heavy atom. The average Bonchev–Trinajstić information content (AvgIpc) is 2.84. The zero-order valence-corrected chi connectivity index (χ0v) is 11.6. The fourth-order valence-electron chi connectivity index (χ4n) is 1.44. The minimum absolute atomic E-state index is 0.204. The Labute approximate surface area is 115 Å². The molecule has 0 amide bonds. The molecule has 0 aliphatic rings. The number of phenols is 1. The number of hydrogen-bond donors (Lipinski definition) is 1. The lowest BCUT2D eigenvalue weighted by Gasteiger charge is -2.04. The Kier molecular flexibility index (Phi) is 4.42. The maximum Gasteiger partial charge on any atom is 0.261 e. The van der Waals surface area contributed by atoms with Gasteiger partial charge in [-0.1, -0.05) is 19.0 Å². The van der Waals surface area contributed by atoms with Gasteiger partial charge < -0.3 is 9.63 Å². The van der Waals surface area contributed by atoms with Crippen LogP contribution in [0, 0.1) is 5.82 Å². The first kappa shape index (κ1) is 13.9. The van der Waals surface area contributed by atoms with E-state index in [4.69, 9.17) is 4.52 Å². The monoisotopic (exact) mass is 282 g/mol. The molecule has 4 nitrogen and oxygen atoms in total. The van der Waals surface area contributed by atoms with E-state index in [2.05, 4.69) is 24.0 Å². The Balaban J connectivity index is 2.12. The Hall–Kier alpha value is -1.56. The molecular formula is C13H15FN2O2S. The Morgan fingerprint density at radius 2 is 2.26 bits per heavy atom. The fraction of sp³-hybridized carbons (Fsp3) is 0.385. The molecule has 0 fully saturated rings. The van der Waals surface area contributed by atoms with Gasteiger partial charge in [0.25, 0.3) is 5.89 Å². The zero-order valence-electron chi connectivity index (χ0n) is 10.8. The SMILES string of the molecule is CCC(C)SCc1noc(-c2ccc(F)cc2O)n1. The van der Waals surface area contributed by atoms with Gasteiger partial charge in [0.1, 0.15) is 11.6 Å². The molecule has 0 saturated carbocycles. The van der Waals surface area contributed by atoms with Gasteiger partial charge in [-0.25, -0.2) is 4.39 Å². The molecule has 1 unspecified atom stereocenters. The summed E-state index contributed by atoms with van der Waals surface area (Å²) in [4.78, 5) is 4.20. The molecule has 1 N–H and O–H groups in total. The molecule has 0 aliphatic carbocycles. The van der Waals surface area contributed by atoms with Crippen LogP contribution in [0.15, 0.2) is 22.7 Å². The molecule has 1 aromatic heterocycles. The highest BCUT2D eigenvalue weighted by Gasteiger charge is 2.14. The summed E-state index contributed by atoms with van der Waals surface area (Å²) in [6.07, 6.45) is 1.08. The maximum atomic E-state index is 12.9. The van der Waals surface area contributed by atoms with Crippen molar-refractivity contribution in [3.63, 3.8) is 0 Å². The number of hydrogen-bond acceptors (Lipinski definition) is 5. The van der Waals surface area contributed by atoms with Gasteiger partial charge in [0.05, 0.1) is 11.3 Å². The van der Waals surface area contributed by atoms with Crippen LogP contribution in [0.3, 0.4) is 0 Å². The maximum absolute atomic E-state index is 12.9. The zero-order chi connectivity index (χ0) is 13.8. The molecule has 19 heavy (non-hydrogen) atoms. The molecule has 0 aliphatic heterocycles. The van der Waals surface area contributed by atoms with E-state index in [1.807, 2.05) is 0 Å². The van der Waals surface area contributed by atoms with E-state index < -0.39 is 5.82 Å². The van der Waals surface area contributed by atoms with Crippen molar-refractivity contribution in [2.45, 2.75) is 31.3 Å². The standard InChI is InChI=1S/C13H15FN2O2S/c1-3-8(2)19-7-12-15-13(18-16-12)10-5-4-9(14)6-11(10)17/h4-6,8,17H,3,7H2,1-2H3. The molecule has 0 radical (unpaired) electrons.